The Balaban J connectivity index is 1.54. The Morgan fingerprint density at radius 3 is 2.68 bits per heavy atom. The number of likely N-dealkylation sites (tertiary alicyclic amines) is 1. The summed E-state index contributed by atoms with van der Waals surface area (Å²) in [7, 11) is 0. The Morgan fingerprint density at radius 1 is 1.13 bits per heavy atom. The number of morpholine rings is 1. The van der Waals surface area contributed by atoms with Crippen molar-refractivity contribution in [1.29, 1.82) is 0 Å². The Kier molecular flexibility index (Phi) is 5.41. The van der Waals surface area contributed by atoms with Crippen LogP contribution in [0.2, 0.25) is 5.02 Å². The molecule has 2 aliphatic rings. The van der Waals surface area contributed by atoms with Crippen LogP contribution in [0.3, 0.4) is 0 Å². The van der Waals surface area contributed by atoms with Crippen LogP contribution in [0.25, 0.3) is 16.8 Å². The van der Waals surface area contributed by atoms with Crippen molar-refractivity contribution in [1.82, 2.24) is 14.3 Å². The molecule has 2 amide bonds. The minimum atomic E-state index is -0.557. The summed E-state index contributed by atoms with van der Waals surface area (Å²) in [6.07, 6.45) is 7.47. The van der Waals surface area contributed by atoms with Gasteiger partial charge in [-0.1, -0.05) is 11.6 Å². The number of hydrogen-bond acceptors (Lipinski definition) is 4. The molecule has 3 aromatic rings. The van der Waals surface area contributed by atoms with Gasteiger partial charge in [0.2, 0.25) is 0 Å². The first-order valence-corrected chi connectivity index (χ1v) is 10.8. The molecule has 31 heavy (non-hydrogen) atoms. The lowest BCUT2D eigenvalue weighted by Gasteiger charge is -2.29. The number of amides is 2. The fourth-order valence-corrected chi connectivity index (χ4v) is 4.44. The number of nitrogens with one attached hydrogen (secondary N) is 1. The summed E-state index contributed by atoms with van der Waals surface area (Å²) in [6.45, 7) is 4.21. The number of rotatable bonds is 3. The number of urea groups is 1. The molecule has 162 valence electrons. The zero-order valence-electron chi connectivity index (χ0n) is 17.0. The zero-order chi connectivity index (χ0) is 21.4. The van der Waals surface area contributed by atoms with Gasteiger partial charge in [-0.25, -0.2) is 14.2 Å². The van der Waals surface area contributed by atoms with E-state index in [9.17, 15) is 9.18 Å². The lowest BCUT2D eigenvalue weighted by Crippen LogP contribution is -2.36. The van der Waals surface area contributed by atoms with Gasteiger partial charge >= 0.3 is 6.03 Å². The predicted molar refractivity (Wildman–Crippen MR) is 118 cm³/mol. The maximum absolute atomic E-state index is 14.6. The fourth-order valence-electron chi connectivity index (χ4n) is 4.18. The number of halogens is 2. The molecule has 1 aromatic carbocycles. The van der Waals surface area contributed by atoms with Crippen molar-refractivity contribution < 1.29 is 13.9 Å². The van der Waals surface area contributed by atoms with Crippen molar-refractivity contribution in [3.05, 3.63) is 47.6 Å². The molecule has 4 heterocycles. The smallest absolute Gasteiger partial charge is 0.321 e. The molecule has 2 aliphatic heterocycles. The average Bonchev–Trinajstić information content (AvgIpc) is 3.47. The van der Waals surface area contributed by atoms with E-state index in [2.05, 4.69) is 15.2 Å². The molecule has 0 radical (unpaired) electrons. The van der Waals surface area contributed by atoms with Crippen LogP contribution < -0.4 is 10.2 Å². The highest BCUT2D eigenvalue weighted by molar-refractivity contribution is 6.33. The van der Waals surface area contributed by atoms with Crippen molar-refractivity contribution in [2.45, 2.75) is 12.8 Å². The Morgan fingerprint density at radius 2 is 1.90 bits per heavy atom. The molecule has 0 aliphatic carbocycles. The maximum Gasteiger partial charge on any atom is 0.321 e. The summed E-state index contributed by atoms with van der Waals surface area (Å²) in [5.74, 6) is -0.557. The van der Waals surface area contributed by atoms with Crippen LogP contribution in [0.4, 0.5) is 20.6 Å². The third-order valence-electron chi connectivity index (χ3n) is 5.82. The SMILES string of the molecule is O=C(Nc1cc(-c2cc(N3CCOCC3)c3nccn3c2)c(Cl)cc1F)N1CCCC1. The van der Waals surface area contributed by atoms with Crippen LogP contribution in [-0.4, -0.2) is 59.7 Å². The highest BCUT2D eigenvalue weighted by Gasteiger charge is 2.21. The molecule has 0 spiro atoms. The number of carbonyl (C=O) groups is 1. The second-order valence-corrected chi connectivity index (χ2v) is 8.21. The number of imidazole rings is 1. The summed E-state index contributed by atoms with van der Waals surface area (Å²) < 4.78 is 22.0. The normalized spacial score (nSPS) is 16.8. The Hall–Kier alpha value is -2.84. The monoisotopic (exact) mass is 443 g/mol. The minimum absolute atomic E-state index is 0.120. The molecular weight excluding hydrogens is 421 g/mol. The number of fused-ring (bicyclic) bond motifs is 1. The molecule has 0 saturated carbocycles. The molecule has 2 aromatic heterocycles. The van der Waals surface area contributed by atoms with E-state index in [1.54, 1.807) is 17.2 Å². The molecule has 2 saturated heterocycles. The second-order valence-electron chi connectivity index (χ2n) is 7.81. The van der Waals surface area contributed by atoms with Crippen LogP contribution in [-0.2, 0) is 4.74 Å². The molecule has 9 heteroatoms. The summed E-state index contributed by atoms with van der Waals surface area (Å²) >= 11 is 6.44. The van der Waals surface area contributed by atoms with Gasteiger partial charge < -0.3 is 24.3 Å². The van der Waals surface area contributed by atoms with E-state index >= 15 is 0 Å². The van der Waals surface area contributed by atoms with Crippen molar-refractivity contribution in [2.75, 3.05) is 49.6 Å². The van der Waals surface area contributed by atoms with Gasteiger partial charge in [0, 0.05) is 55.9 Å². The van der Waals surface area contributed by atoms with Gasteiger partial charge in [0.05, 0.1) is 29.6 Å². The minimum Gasteiger partial charge on any atom is -0.378 e. The van der Waals surface area contributed by atoms with Gasteiger partial charge in [-0.3, -0.25) is 0 Å². The third kappa shape index (κ3) is 3.93. The molecule has 1 N–H and O–H groups in total. The quantitative estimate of drug-likeness (QED) is 0.657. The molecule has 0 atom stereocenters. The molecule has 5 rings (SSSR count). The van der Waals surface area contributed by atoms with E-state index in [0.29, 0.717) is 31.9 Å². The van der Waals surface area contributed by atoms with Crippen molar-refractivity contribution in [3.63, 3.8) is 0 Å². The highest BCUT2D eigenvalue weighted by Crippen LogP contribution is 2.36. The van der Waals surface area contributed by atoms with Gasteiger partial charge in [-0.05, 0) is 31.0 Å². The topological polar surface area (TPSA) is 62.1 Å². The van der Waals surface area contributed by atoms with Gasteiger partial charge in [0.1, 0.15) is 5.82 Å². The summed E-state index contributed by atoms with van der Waals surface area (Å²) in [5, 5.41) is 2.99. The zero-order valence-corrected chi connectivity index (χ0v) is 17.7. The maximum atomic E-state index is 14.6. The summed E-state index contributed by atoms with van der Waals surface area (Å²) in [5.41, 5.74) is 3.38. The first-order chi connectivity index (χ1) is 15.1. The molecule has 0 bridgehead atoms. The summed E-state index contributed by atoms with van der Waals surface area (Å²) in [4.78, 5) is 20.9. The van der Waals surface area contributed by atoms with Crippen molar-refractivity contribution >= 4 is 34.7 Å². The van der Waals surface area contributed by atoms with E-state index in [1.165, 1.54) is 6.07 Å². The molecule has 7 nitrogen and oxygen atoms in total. The van der Waals surface area contributed by atoms with E-state index in [0.717, 1.165) is 42.8 Å². The largest absolute Gasteiger partial charge is 0.378 e. The third-order valence-corrected chi connectivity index (χ3v) is 6.14. The van der Waals surface area contributed by atoms with Crippen LogP contribution >= 0.6 is 11.6 Å². The van der Waals surface area contributed by atoms with Gasteiger partial charge in [-0.15, -0.1) is 0 Å². The van der Waals surface area contributed by atoms with Gasteiger partial charge in [0.15, 0.2) is 5.65 Å². The second kappa shape index (κ2) is 8.36. The Labute approximate surface area is 184 Å². The van der Waals surface area contributed by atoms with Gasteiger partial charge in [0.25, 0.3) is 0 Å². The van der Waals surface area contributed by atoms with E-state index in [4.69, 9.17) is 16.3 Å². The number of aromatic nitrogens is 2. The number of benzene rings is 1. The lowest BCUT2D eigenvalue weighted by atomic mass is 10.1. The first-order valence-electron chi connectivity index (χ1n) is 10.4. The Bertz CT molecular complexity index is 1120. The standard InChI is InChI=1S/C22H23ClFN5O2/c23-17-13-18(24)19(26-22(30)28-4-1-2-5-28)12-16(17)15-11-20(27-7-9-31-10-8-27)21-25-3-6-29(21)14-15/h3,6,11-14H,1-2,4-5,7-10H2,(H,26,30). The number of pyridine rings is 1. The van der Waals surface area contributed by atoms with Crippen LogP contribution in [0, 0.1) is 5.82 Å². The summed E-state index contributed by atoms with van der Waals surface area (Å²) in [6, 6.07) is 4.58. The van der Waals surface area contributed by atoms with E-state index in [1.807, 2.05) is 22.9 Å². The molecule has 2 fully saturated rings. The van der Waals surface area contributed by atoms with Crippen LogP contribution in [0.1, 0.15) is 12.8 Å². The highest BCUT2D eigenvalue weighted by atomic mass is 35.5. The fraction of sp³-hybridized carbons (Fsp3) is 0.364. The van der Waals surface area contributed by atoms with Crippen LogP contribution in [0.15, 0.2) is 36.8 Å². The average molecular weight is 444 g/mol. The van der Waals surface area contributed by atoms with Crippen LogP contribution in [0.5, 0.6) is 0 Å². The number of nitrogens with zero attached hydrogens (tertiary/aromatic N) is 4. The van der Waals surface area contributed by atoms with Gasteiger partial charge in [-0.2, -0.15) is 0 Å². The number of carbonyl (C=O) groups excluding carboxylic acids is 1. The van der Waals surface area contributed by atoms with Crippen molar-refractivity contribution in [3.8, 4) is 11.1 Å². The van der Waals surface area contributed by atoms with E-state index in [-0.39, 0.29) is 16.7 Å². The van der Waals surface area contributed by atoms with E-state index < -0.39 is 5.82 Å². The molecule has 0 unspecified atom stereocenters. The molecular formula is C22H23ClFN5O2. The predicted octanol–water partition coefficient (Wildman–Crippen LogP) is 4.26. The number of hydrogen-bond donors (Lipinski definition) is 1. The number of ether oxygens (including phenoxy) is 1. The first kappa shape index (κ1) is 20.1. The lowest BCUT2D eigenvalue weighted by molar-refractivity contribution is 0.123. The number of anilines is 2. The van der Waals surface area contributed by atoms with Crippen molar-refractivity contribution in [2.24, 2.45) is 0 Å².